The Morgan fingerprint density at radius 3 is 2.24 bits per heavy atom. The Balaban J connectivity index is 0.000000644. The zero-order valence-corrected chi connectivity index (χ0v) is 20.7. The van der Waals surface area contributed by atoms with Crippen molar-refractivity contribution in [3.05, 3.63) is 34.9 Å². The highest BCUT2D eigenvalue weighted by atomic mass is 14.6. The van der Waals surface area contributed by atoms with Crippen LogP contribution in [0.5, 0.6) is 0 Å². The number of fused-ring (bicyclic) bond motifs is 5. The fourth-order valence-electron chi connectivity index (χ4n) is 6.74. The molecule has 0 N–H and O–H groups in total. The first-order valence-electron chi connectivity index (χ1n) is 12.5. The lowest BCUT2D eigenvalue weighted by Crippen LogP contribution is -2.42. The van der Waals surface area contributed by atoms with Gasteiger partial charge in [-0.05, 0) is 90.2 Å². The van der Waals surface area contributed by atoms with E-state index < -0.39 is 0 Å². The molecule has 29 heavy (non-hydrogen) atoms. The predicted octanol–water partition coefficient (Wildman–Crippen LogP) is 8.99. The van der Waals surface area contributed by atoms with Crippen LogP contribution in [0.4, 0.5) is 0 Å². The van der Waals surface area contributed by atoms with E-state index in [0.717, 1.165) is 23.7 Å². The monoisotopic (exact) mass is 396 g/mol. The van der Waals surface area contributed by atoms with Gasteiger partial charge in [0.05, 0.1) is 0 Å². The minimum atomic E-state index is 0.658. The van der Waals surface area contributed by atoms with Crippen molar-refractivity contribution >= 4 is 0 Å². The fourth-order valence-corrected chi connectivity index (χ4v) is 6.74. The van der Waals surface area contributed by atoms with Crippen LogP contribution in [0.25, 0.3) is 0 Å². The van der Waals surface area contributed by atoms with Gasteiger partial charge in [-0.3, -0.25) is 0 Å². The molecule has 0 radical (unpaired) electrons. The number of terminal acetylenes is 1. The summed E-state index contributed by atoms with van der Waals surface area (Å²) < 4.78 is 0. The number of hydrogen-bond acceptors (Lipinski definition) is 0. The highest BCUT2D eigenvalue weighted by molar-refractivity contribution is 5.39. The van der Waals surface area contributed by atoms with E-state index in [4.69, 9.17) is 0 Å². The third-order valence-electron chi connectivity index (χ3n) is 8.11. The van der Waals surface area contributed by atoms with E-state index in [2.05, 4.69) is 58.7 Å². The second-order valence-corrected chi connectivity index (χ2v) is 9.26. The van der Waals surface area contributed by atoms with Crippen LogP contribution in [-0.2, 0) is 6.42 Å². The van der Waals surface area contributed by atoms with Crippen molar-refractivity contribution in [1.29, 1.82) is 0 Å². The van der Waals surface area contributed by atoms with Crippen LogP contribution < -0.4 is 0 Å². The summed E-state index contributed by atoms with van der Waals surface area (Å²) in [6.07, 6.45) is 18.1. The van der Waals surface area contributed by atoms with Crippen molar-refractivity contribution in [2.75, 3.05) is 0 Å². The molecule has 0 aliphatic heterocycles. The lowest BCUT2D eigenvalue weighted by atomic mass is 9.54. The average molecular weight is 397 g/mol. The lowest BCUT2D eigenvalue weighted by Gasteiger charge is -2.51. The molecule has 164 valence electrons. The highest BCUT2D eigenvalue weighted by Crippen LogP contribution is 2.63. The summed E-state index contributed by atoms with van der Waals surface area (Å²) >= 11 is 0. The van der Waals surface area contributed by atoms with Gasteiger partial charge in [-0.1, -0.05) is 80.0 Å². The summed E-state index contributed by atoms with van der Waals surface area (Å²) in [5.41, 5.74) is 5.61. The molecule has 5 unspecified atom stereocenters. The molecular weight excluding hydrogens is 348 g/mol. The number of rotatable bonds is 2. The van der Waals surface area contributed by atoms with E-state index in [0.29, 0.717) is 11.3 Å². The molecule has 4 rings (SSSR count). The average Bonchev–Trinajstić information content (AvgIpc) is 3.13. The molecule has 0 aromatic heterocycles. The molecule has 1 aromatic rings. The van der Waals surface area contributed by atoms with Crippen LogP contribution in [-0.4, -0.2) is 0 Å². The summed E-state index contributed by atoms with van der Waals surface area (Å²) in [6, 6.07) is 7.47. The molecule has 3 aliphatic carbocycles. The quantitative estimate of drug-likeness (QED) is 0.437. The Labute approximate surface area is 183 Å². The summed E-state index contributed by atoms with van der Waals surface area (Å²) in [4.78, 5) is 0. The molecule has 0 amide bonds. The molecule has 0 spiro atoms. The van der Waals surface area contributed by atoms with E-state index in [1.807, 2.05) is 27.7 Å². The van der Waals surface area contributed by atoms with Crippen LogP contribution in [0.1, 0.15) is 122 Å². The molecule has 2 saturated carbocycles. The largest absolute Gasteiger partial charge is 0.124 e. The SMILES string of the molecule is C#C.CC.CC.CCC1CCC2C3CCc4cc(C(C)C)ccc4C3CCC12C. The molecule has 0 saturated heterocycles. The fraction of sp³-hybridized carbons (Fsp3) is 0.724. The first kappa shape index (κ1) is 25.8. The second kappa shape index (κ2) is 11.8. The molecule has 0 bridgehead atoms. The first-order chi connectivity index (χ1) is 14.0. The number of benzene rings is 1. The van der Waals surface area contributed by atoms with Gasteiger partial charge in [0, 0.05) is 0 Å². The van der Waals surface area contributed by atoms with Gasteiger partial charge in [-0.2, -0.15) is 0 Å². The zero-order chi connectivity index (χ0) is 22.2. The van der Waals surface area contributed by atoms with Crippen LogP contribution in [0.15, 0.2) is 18.2 Å². The Morgan fingerprint density at radius 2 is 1.66 bits per heavy atom. The van der Waals surface area contributed by atoms with E-state index in [1.165, 1.54) is 50.5 Å². The van der Waals surface area contributed by atoms with Gasteiger partial charge < -0.3 is 0 Å². The van der Waals surface area contributed by atoms with Gasteiger partial charge in [0.1, 0.15) is 0 Å². The second-order valence-electron chi connectivity index (χ2n) is 9.26. The Morgan fingerprint density at radius 1 is 1.00 bits per heavy atom. The third kappa shape index (κ3) is 4.93. The Kier molecular flexibility index (Phi) is 10.5. The standard InChI is InChI=1S/C23H34.2C2H6.C2H2/c1-5-18-8-11-22-21-10-7-17-14-16(15(2)3)6-9-19(17)20(21)12-13-23(18,22)4;3*1-2/h6,9,14-15,18,20-22H,5,7-8,10-13H2,1-4H3;2*1-2H3;1-2H. The first-order valence-corrected chi connectivity index (χ1v) is 12.5. The maximum absolute atomic E-state index is 4.00. The van der Waals surface area contributed by atoms with Gasteiger partial charge >= 0.3 is 0 Å². The zero-order valence-electron chi connectivity index (χ0n) is 20.7. The van der Waals surface area contributed by atoms with Crippen molar-refractivity contribution < 1.29 is 0 Å². The van der Waals surface area contributed by atoms with Crippen molar-refractivity contribution in [3.63, 3.8) is 0 Å². The molecule has 0 heterocycles. The van der Waals surface area contributed by atoms with Gasteiger partial charge in [0.15, 0.2) is 0 Å². The van der Waals surface area contributed by atoms with Crippen LogP contribution >= 0.6 is 0 Å². The molecule has 0 heteroatoms. The van der Waals surface area contributed by atoms with Crippen molar-refractivity contribution in [1.82, 2.24) is 0 Å². The summed E-state index contributed by atoms with van der Waals surface area (Å²) in [7, 11) is 0. The molecule has 1 aromatic carbocycles. The van der Waals surface area contributed by atoms with Crippen molar-refractivity contribution in [2.24, 2.45) is 23.2 Å². The maximum Gasteiger partial charge on any atom is -0.0128 e. The van der Waals surface area contributed by atoms with Crippen LogP contribution in [0.2, 0.25) is 0 Å². The van der Waals surface area contributed by atoms with Crippen molar-refractivity contribution in [3.8, 4) is 12.8 Å². The van der Waals surface area contributed by atoms with E-state index in [9.17, 15) is 0 Å². The van der Waals surface area contributed by atoms with Crippen LogP contribution in [0, 0.1) is 36.0 Å². The molecule has 3 aliphatic rings. The predicted molar refractivity (Wildman–Crippen MR) is 132 cm³/mol. The molecular formula is C29H48. The minimum Gasteiger partial charge on any atom is -0.124 e. The van der Waals surface area contributed by atoms with Gasteiger partial charge in [0.2, 0.25) is 0 Å². The van der Waals surface area contributed by atoms with E-state index in [1.54, 1.807) is 11.1 Å². The summed E-state index contributed by atoms with van der Waals surface area (Å²) in [5.74, 6) is 4.51. The van der Waals surface area contributed by atoms with Gasteiger partial charge in [-0.25, -0.2) is 0 Å². The van der Waals surface area contributed by atoms with Crippen molar-refractivity contribution in [2.45, 2.75) is 112 Å². The molecule has 5 atom stereocenters. The van der Waals surface area contributed by atoms with Gasteiger partial charge in [0.25, 0.3) is 0 Å². The Hall–Kier alpha value is -1.22. The summed E-state index contributed by atoms with van der Waals surface area (Å²) in [5, 5.41) is 0. The number of hydrogen-bond donors (Lipinski definition) is 0. The van der Waals surface area contributed by atoms with E-state index in [-0.39, 0.29) is 0 Å². The highest BCUT2D eigenvalue weighted by Gasteiger charge is 2.53. The number of aryl methyl sites for hydroxylation is 1. The summed E-state index contributed by atoms with van der Waals surface area (Å²) in [6.45, 7) is 17.7. The lowest BCUT2D eigenvalue weighted by molar-refractivity contribution is 0.0273. The van der Waals surface area contributed by atoms with Crippen LogP contribution in [0.3, 0.4) is 0 Å². The molecule has 2 fully saturated rings. The van der Waals surface area contributed by atoms with E-state index >= 15 is 0 Å². The topological polar surface area (TPSA) is 0 Å². The maximum atomic E-state index is 4.00. The third-order valence-corrected chi connectivity index (χ3v) is 8.11. The smallest absolute Gasteiger partial charge is 0.0128 e. The molecule has 0 nitrogen and oxygen atoms in total. The Bertz CT molecular complexity index is 622. The normalized spacial score (nSPS) is 31.4. The van der Waals surface area contributed by atoms with Gasteiger partial charge in [-0.15, -0.1) is 12.8 Å². The minimum absolute atomic E-state index is 0.658.